The largest absolute Gasteiger partial charge is 0.353 e. The summed E-state index contributed by atoms with van der Waals surface area (Å²) in [6, 6.07) is 0.279. The smallest absolute Gasteiger partial charge is 0.262 e. The standard InChI is InChI=1S/C22H30N4O3S/c1-14-18-21(25-16-10-6-3-7-13-26(16)22(18)29)30-19(14)20(28)23-12-11-17(27)24-15-8-4-2-5-9-15/h15H,2-13H2,1H3,(H,23,28)(H,24,27). The maximum absolute atomic E-state index is 13.0. The molecule has 4 rings (SSSR count). The number of hydrogen-bond acceptors (Lipinski definition) is 5. The lowest BCUT2D eigenvalue weighted by Gasteiger charge is -2.22. The van der Waals surface area contributed by atoms with Crippen LogP contribution < -0.4 is 16.2 Å². The minimum Gasteiger partial charge on any atom is -0.353 e. The van der Waals surface area contributed by atoms with Gasteiger partial charge in [0.05, 0.1) is 10.3 Å². The fourth-order valence-electron chi connectivity index (χ4n) is 4.54. The number of carbonyl (C=O) groups excluding carboxylic acids is 2. The molecule has 0 aromatic carbocycles. The van der Waals surface area contributed by atoms with Crippen LogP contribution in [-0.2, 0) is 17.8 Å². The molecular formula is C22H30N4O3S. The van der Waals surface area contributed by atoms with Gasteiger partial charge in [0.25, 0.3) is 11.5 Å². The van der Waals surface area contributed by atoms with Gasteiger partial charge in [-0.15, -0.1) is 11.3 Å². The van der Waals surface area contributed by atoms with Crippen molar-refractivity contribution in [2.24, 2.45) is 0 Å². The van der Waals surface area contributed by atoms with Gasteiger partial charge in [-0.2, -0.15) is 0 Å². The van der Waals surface area contributed by atoms with E-state index in [9.17, 15) is 14.4 Å². The van der Waals surface area contributed by atoms with Crippen LogP contribution in [0.5, 0.6) is 0 Å². The Morgan fingerprint density at radius 2 is 1.90 bits per heavy atom. The molecule has 0 radical (unpaired) electrons. The van der Waals surface area contributed by atoms with Crippen molar-refractivity contribution in [3.63, 3.8) is 0 Å². The van der Waals surface area contributed by atoms with Crippen LogP contribution in [0.3, 0.4) is 0 Å². The molecule has 2 aliphatic rings. The molecule has 0 bridgehead atoms. The SMILES string of the molecule is Cc1c(C(=O)NCCC(=O)NC2CCCCC2)sc2nc3n(c(=O)c12)CCCCC3. The Hall–Kier alpha value is -2.22. The summed E-state index contributed by atoms with van der Waals surface area (Å²) in [4.78, 5) is 43.8. The highest BCUT2D eigenvalue weighted by Crippen LogP contribution is 2.28. The molecular weight excluding hydrogens is 400 g/mol. The summed E-state index contributed by atoms with van der Waals surface area (Å²) in [6.45, 7) is 2.80. The number of rotatable bonds is 5. The Bertz CT molecular complexity index is 1000. The van der Waals surface area contributed by atoms with Crippen molar-refractivity contribution in [2.45, 2.75) is 83.7 Å². The summed E-state index contributed by atoms with van der Waals surface area (Å²) in [6.07, 6.45) is 9.89. The summed E-state index contributed by atoms with van der Waals surface area (Å²) in [5.74, 6) is 0.581. The molecule has 162 valence electrons. The van der Waals surface area contributed by atoms with E-state index in [-0.39, 0.29) is 36.4 Å². The fourth-order valence-corrected chi connectivity index (χ4v) is 5.65. The van der Waals surface area contributed by atoms with Crippen molar-refractivity contribution in [1.82, 2.24) is 20.2 Å². The van der Waals surface area contributed by atoms with E-state index in [4.69, 9.17) is 4.98 Å². The third-order valence-corrected chi connectivity index (χ3v) is 7.41. The van der Waals surface area contributed by atoms with Gasteiger partial charge in [0.2, 0.25) is 5.91 Å². The Morgan fingerprint density at radius 3 is 2.70 bits per heavy atom. The number of nitrogens with zero attached hydrogens (tertiary/aromatic N) is 2. The van der Waals surface area contributed by atoms with Gasteiger partial charge in [0, 0.05) is 32.0 Å². The molecule has 0 spiro atoms. The van der Waals surface area contributed by atoms with E-state index in [2.05, 4.69) is 10.6 Å². The highest BCUT2D eigenvalue weighted by molar-refractivity contribution is 7.20. The lowest BCUT2D eigenvalue weighted by molar-refractivity contribution is -0.121. The Morgan fingerprint density at radius 1 is 1.13 bits per heavy atom. The maximum atomic E-state index is 13.0. The van der Waals surface area contributed by atoms with E-state index in [0.717, 1.165) is 44.3 Å². The van der Waals surface area contributed by atoms with Crippen LogP contribution in [0.25, 0.3) is 10.2 Å². The number of amides is 2. The molecule has 0 unspecified atom stereocenters. The zero-order valence-corrected chi connectivity index (χ0v) is 18.4. The summed E-state index contributed by atoms with van der Waals surface area (Å²) in [5, 5.41) is 6.47. The van der Waals surface area contributed by atoms with Crippen molar-refractivity contribution in [3.8, 4) is 0 Å². The zero-order chi connectivity index (χ0) is 21.1. The van der Waals surface area contributed by atoms with Crippen molar-refractivity contribution in [2.75, 3.05) is 6.54 Å². The molecule has 2 aromatic rings. The first kappa shape index (κ1) is 21.0. The highest BCUT2D eigenvalue weighted by Gasteiger charge is 2.22. The summed E-state index contributed by atoms with van der Waals surface area (Å²) >= 11 is 1.28. The molecule has 2 aromatic heterocycles. The van der Waals surface area contributed by atoms with Gasteiger partial charge in [-0.05, 0) is 38.2 Å². The van der Waals surface area contributed by atoms with Crippen molar-refractivity contribution < 1.29 is 9.59 Å². The van der Waals surface area contributed by atoms with Crippen LogP contribution in [0.15, 0.2) is 4.79 Å². The summed E-state index contributed by atoms with van der Waals surface area (Å²) in [5.41, 5.74) is 0.660. The molecule has 7 nitrogen and oxygen atoms in total. The van der Waals surface area contributed by atoms with Crippen molar-refractivity contribution >= 4 is 33.4 Å². The number of aromatic nitrogens is 2. The normalized spacial score (nSPS) is 17.4. The minimum atomic E-state index is -0.236. The average Bonchev–Trinajstić information content (AvgIpc) is 2.90. The second-order valence-corrected chi connectivity index (χ2v) is 9.44. The third kappa shape index (κ3) is 4.43. The molecule has 3 heterocycles. The average molecular weight is 431 g/mol. The monoisotopic (exact) mass is 430 g/mol. The molecule has 1 saturated carbocycles. The Kier molecular flexibility index (Phi) is 6.51. The zero-order valence-electron chi connectivity index (χ0n) is 17.6. The predicted molar refractivity (Wildman–Crippen MR) is 118 cm³/mol. The van der Waals surface area contributed by atoms with E-state index >= 15 is 0 Å². The van der Waals surface area contributed by atoms with E-state index in [1.807, 2.05) is 6.92 Å². The molecule has 0 saturated heterocycles. The summed E-state index contributed by atoms with van der Waals surface area (Å²) in [7, 11) is 0. The second kappa shape index (κ2) is 9.29. The predicted octanol–water partition coefficient (Wildman–Crippen LogP) is 3.06. The van der Waals surface area contributed by atoms with Gasteiger partial charge in [-0.3, -0.25) is 19.0 Å². The van der Waals surface area contributed by atoms with Crippen molar-refractivity contribution in [1.29, 1.82) is 0 Å². The van der Waals surface area contributed by atoms with Crippen molar-refractivity contribution in [3.05, 3.63) is 26.6 Å². The van der Waals surface area contributed by atoms with E-state index in [1.165, 1.54) is 30.6 Å². The van der Waals surface area contributed by atoms with Gasteiger partial charge in [0.15, 0.2) is 0 Å². The lowest BCUT2D eigenvalue weighted by atomic mass is 9.95. The molecule has 1 aliphatic carbocycles. The highest BCUT2D eigenvalue weighted by atomic mass is 32.1. The first-order chi connectivity index (χ1) is 14.5. The number of carbonyl (C=O) groups is 2. The third-order valence-electron chi connectivity index (χ3n) is 6.23. The Balaban J connectivity index is 1.42. The lowest BCUT2D eigenvalue weighted by Crippen LogP contribution is -2.38. The van der Waals surface area contributed by atoms with Crippen LogP contribution in [0.1, 0.15) is 78.8 Å². The van der Waals surface area contributed by atoms with E-state index in [1.54, 1.807) is 4.57 Å². The van der Waals surface area contributed by atoms with E-state index < -0.39 is 0 Å². The van der Waals surface area contributed by atoms with Crippen LogP contribution in [0.4, 0.5) is 0 Å². The number of thiophene rings is 1. The van der Waals surface area contributed by atoms with Gasteiger partial charge in [0.1, 0.15) is 10.7 Å². The van der Waals surface area contributed by atoms with Gasteiger partial charge in [-0.25, -0.2) is 4.98 Å². The molecule has 0 atom stereocenters. The fraction of sp³-hybridized carbons (Fsp3) is 0.636. The van der Waals surface area contributed by atoms with E-state index in [0.29, 0.717) is 27.2 Å². The topological polar surface area (TPSA) is 93.1 Å². The van der Waals surface area contributed by atoms with Gasteiger partial charge >= 0.3 is 0 Å². The number of nitrogens with one attached hydrogen (secondary N) is 2. The van der Waals surface area contributed by atoms with Crippen LogP contribution in [0, 0.1) is 6.92 Å². The van der Waals surface area contributed by atoms with Crippen LogP contribution in [0.2, 0.25) is 0 Å². The molecule has 8 heteroatoms. The maximum Gasteiger partial charge on any atom is 0.262 e. The second-order valence-electron chi connectivity index (χ2n) is 8.44. The molecule has 2 amide bonds. The molecule has 1 fully saturated rings. The quantitative estimate of drug-likeness (QED) is 0.762. The molecule has 30 heavy (non-hydrogen) atoms. The van der Waals surface area contributed by atoms with Crippen LogP contribution in [-0.4, -0.2) is 34.0 Å². The number of aryl methyl sites for hydroxylation is 2. The molecule has 1 aliphatic heterocycles. The number of fused-ring (bicyclic) bond motifs is 2. The number of hydrogen-bond donors (Lipinski definition) is 2. The summed E-state index contributed by atoms with van der Waals surface area (Å²) < 4.78 is 1.78. The first-order valence-corrected chi connectivity index (χ1v) is 12.0. The minimum absolute atomic E-state index is 0.0149. The molecule has 2 N–H and O–H groups in total. The van der Waals surface area contributed by atoms with Gasteiger partial charge < -0.3 is 10.6 Å². The first-order valence-electron chi connectivity index (χ1n) is 11.1. The van der Waals surface area contributed by atoms with Crippen LogP contribution >= 0.6 is 11.3 Å². The Labute approximate surface area is 180 Å². The van der Waals surface area contributed by atoms with Gasteiger partial charge in [-0.1, -0.05) is 25.7 Å².